The van der Waals surface area contributed by atoms with Crippen molar-refractivity contribution in [2.45, 2.75) is 66.7 Å². The molecule has 18 heteroatoms. The summed E-state index contributed by atoms with van der Waals surface area (Å²) in [5, 5.41) is 25.1. The Morgan fingerprint density at radius 3 is 2.57 bits per heavy atom. The number of rotatable bonds is 11. The van der Waals surface area contributed by atoms with Gasteiger partial charge in [-0.25, -0.2) is 9.59 Å². The smallest absolute Gasteiger partial charge is 0.408 e. The quantitative estimate of drug-likeness (QED) is 0.124. The number of fused-ring (bicyclic) bond motifs is 9. The second-order valence-corrected chi connectivity index (χ2v) is 16.5. The number of aromatic hydroxyl groups is 1. The van der Waals surface area contributed by atoms with Crippen LogP contribution in [0.2, 0.25) is 0 Å². The molecule has 0 unspecified atom stereocenters. The number of methoxy groups -OCH3 is 1. The third-order valence-corrected chi connectivity index (χ3v) is 11.1. The van der Waals surface area contributed by atoms with Gasteiger partial charge in [0.15, 0.2) is 23.0 Å². The Bertz CT molecular complexity index is 1840. The van der Waals surface area contributed by atoms with Gasteiger partial charge in [0, 0.05) is 34.3 Å². The average Bonchev–Trinajstić information content (AvgIpc) is 3.60. The summed E-state index contributed by atoms with van der Waals surface area (Å²) in [6.45, 7) is 6.98. The summed E-state index contributed by atoms with van der Waals surface area (Å²) in [5.74, 6) is 1.25. The average molecular weight is 1070 g/mol. The number of alkyl halides is 3. The summed E-state index contributed by atoms with van der Waals surface area (Å²) in [7, 11) is 3.49. The van der Waals surface area contributed by atoms with E-state index in [-0.39, 0.29) is 37.6 Å². The molecule has 4 heterocycles. The predicted octanol–water partition coefficient (Wildman–Crippen LogP) is 5.62. The largest absolute Gasteiger partial charge is 0.504 e. The first-order chi connectivity index (χ1) is 25.3. The van der Waals surface area contributed by atoms with Gasteiger partial charge >= 0.3 is 12.1 Å². The number of hydrogen-bond acceptors (Lipinski definition) is 13. The fourth-order valence-corrected chi connectivity index (χ4v) is 8.83. The van der Waals surface area contributed by atoms with Crippen LogP contribution in [0.5, 0.6) is 28.7 Å². The molecule has 0 aromatic heterocycles. The van der Waals surface area contributed by atoms with Gasteiger partial charge in [-0.05, 0) is 50.6 Å². The maximum Gasteiger partial charge on any atom is 0.408 e. The summed E-state index contributed by atoms with van der Waals surface area (Å²) in [4.78, 5) is 30.5. The number of hydrogen-bond donors (Lipinski definition) is 2. The van der Waals surface area contributed by atoms with Crippen LogP contribution in [-0.2, 0) is 27.1 Å². The summed E-state index contributed by atoms with van der Waals surface area (Å²) in [6.07, 6.45) is 5.26. The summed E-state index contributed by atoms with van der Waals surface area (Å²) in [6, 6.07) is 0.847. The number of esters is 1. The van der Waals surface area contributed by atoms with E-state index in [0.717, 1.165) is 34.0 Å². The van der Waals surface area contributed by atoms with Crippen molar-refractivity contribution in [1.29, 1.82) is 5.26 Å². The van der Waals surface area contributed by atoms with E-state index in [9.17, 15) is 20.0 Å². The fourth-order valence-electron chi connectivity index (χ4n) is 8.21. The van der Waals surface area contributed by atoms with Gasteiger partial charge in [-0.2, -0.15) is 5.26 Å². The van der Waals surface area contributed by atoms with Crippen LogP contribution >= 0.6 is 46.6 Å². The second kappa shape index (κ2) is 16.1. The second-order valence-electron chi connectivity index (χ2n) is 13.2. The Hall–Kier alpha value is -4.45. The number of likely N-dealkylation sites (N-methyl/N-ethyl adjacent to an activating group) is 1. The molecule has 0 spiro atoms. The van der Waals surface area contributed by atoms with E-state index in [1.165, 1.54) is 7.11 Å². The number of carbonyl (C=O) groups is 2. The summed E-state index contributed by atoms with van der Waals surface area (Å²) >= 11 is 18.2. The van der Waals surface area contributed by atoms with Crippen LogP contribution in [0.25, 0.3) is 0 Å². The molecule has 6 rings (SSSR count). The van der Waals surface area contributed by atoms with E-state index in [1.54, 1.807) is 6.08 Å². The van der Waals surface area contributed by atoms with E-state index in [2.05, 4.69) is 34.0 Å². The number of phenolic OH excluding ortho intramolecular Hbond substituents is 1. The number of ether oxygens (including phenoxy) is 6. The number of phenols is 1. The maximum atomic E-state index is 13.7. The van der Waals surface area contributed by atoms with E-state index in [1.807, 2.05) is 27.0 Å². The molecule has 4 aliphatic rings. The van der Waals surface area contributed by atoms with E-state index < -0.39 is 52.7 Å². The number of aryl methyl sites for hydroxylation is 1. The van der Waals surface area contributed by atoms with Gasteiger partial charge in [0.05, 0.1) is 25.3 Å². The van der Waals surface area contributed by atoms with Crippen molar-refractivity contribution in [3.63, 3.8) is 0 Å². The molecule has 13 nitrogen and oxygen atoms in total. The van der Waals surface area contributed by atoms with Crippen molar-refractivity contribution < 1.29 is 43.1 Å². The molecule has 298 valence electrons. The minimum atomic E-state index is -1.85. The normalized spacial score (nSPS) is 23.0. The van der Waals surface area contributed by atoms with Crippen LogP contribution in [0.4, 0.5) is 4.79 Å². The number of halogens is 3. The predicted molar refractivity (Wildman–Crippen MR) is 199 cm³/mol. The fraction of sp³-hybridized carbons (Fsp3) is 0.500. The molecule has 1 saturated heterocycles. The Balaban J connectivity index is 0.00000561. The van der Waals surface area contributed by atoms with Gasteiger partial charge in [-0.15, -0.1) is 0 Å². The van der Waals surface area contributed by atoms with Crippen molar-refractivity contribution in [3.05, 3.63) is 58.4 Å². The third-order valence-electron chi connectivity index (χ3n) is 10.2. The molecular formula is C36H40Cl3FmN4O9S-. The Kier molecular flexibility index (Phi) is 12.1. The zero-order chi connectivity index (χ0) is 38.4. The Morgan fingerprint density at radius 1 is 1.20 bits per heavy atom. The monoisotopic (exact) mass is 1070 g/mol. The first kappa shape index (κ1) is 40.7. The van der Waals surface area contributed by atoms with Gasteiger partial charge in [0.25, 0.3) is 0 Å². The zero-order valence-corrected chi connectivity index (χ0v) is 35.4. The van der Waals surface area contributed by atoms with Gasteiger partial charge < -0.3 is 50.6 Å². The van der Waals surface area contributed by atoms with E-state index >= 15 is 0 Å². The van der Waals surface area contributed by atoms with Gasteiger partial charge in [0.2, 0.25) is 10.6 Å². The van der Waals surface area contributed by atoms with Crippen molar-refractivity contribution >= 4 is 58.6 Å². The topological polar surface area (TPSA) is 152 Å². The number of piperazine rings is 1. The minimum absolute atomic E-state index is 0. The van der Waals surface area contributed by atoms with Gasteiger partial charge in [-0.3, -0.25) is 16.1 Å². The van der Waals surface area contributed by atoms with Crippen molar-refractivity contribution in [1.82, 2.24) is 15.1 Å². The van der Waals surface area contributed by atoms with Crippen LogP contribution < -0.4 is 24.3 Å². The Morgan fingerprint density at radius 2 is 1.93 bits per heavy atom. The molecule has 4 aliphatic heterocycles. The first-order valence-corrected chi connectivity index (χ1v) is 19.1. The molecule has 2 aromatic rings. The number of amides is 1. The first-order valence-electron chi connectivity index (χ1n) is 16.8. The van der Waals surface area contributed by atoms with Crippen molar-refractivity contribution in [2.24, 2.45) is 0 Å². The number of alkyl carbamates (subject to hydrolysis) is 1. The number of carbonyl (C=O) groups excluding carboxylic acids is 2. The van der Waals surface area contributed by atoms with E-state index in [4.69, 9.17) is 63.2 Å². The van der Waals surface area contributed by atoms with Crippen LogP contribution in [0.15, 0.2) is 18.7 Å². The number of nitriles is 1. The summed E-state index contributed by atoms with van der Waals surface area (Å²) in [5.41, 5.74) is 4.64. The number of nitrogens with zero attached hydrogens (tertiary/aromatic N) is 3. The minimum Gasteiger partial charge on any atom is -0.504 e. The molecule has 2 N–H and O–H groups in total. The molecule has 0 radical (unpaired) electrons. The number of benzene rings is 2. The SMILES string of the molecule is C=CCOc1c(C)c2c(c3c1C[C@H]1[C@H]4c5c(cc(C)c(OC)c5O)C[C@H]([C@H](C#N)N1[C@H]3COC(=O)[C@@H](CS[CH2-])NC(=O)OCC(Cl)(Cl)Cl)N4C)OCO2.[Fm]. The van der Waals surface area contributed by atoms with Gasteiger partial charge in [-0.1, -0.05) is 53.5 Å². The molecule has 2 aromatic carbocycles. The Labute approximate surface area is 327 Å². The molecule has 0 aliphatic carbocycles. The van der Waals surface area contributed by atoms with E-state index in [0.29, 0.717) is 47.0 Å². The van der Waals surface area contributed by atoms with Crippen LogP contribution in [0.1, 0.15) is 45.5 Å². The molecular weight excluding hydrogens is 1030 g/mol. The zero-order valence-electron chi connectivity index (χ0n) is 29.9. The van der Waals surface area contributed by atoms with Gasteiger partial charge in [0.1, 0.15) is 37.7 Å². The van der Waals surface area contributed by atoms with Crippen LogP contribution in [0, 0.1) is 31.4 Å². The van der Waals surface area contributed by atoms with Crippen LogP contribution in [0.3, 0.4) is 0 Å². The maximum absolute atomic E-state index is 13.7. The number of thioether (sulfide) groups is 1. The van der Waals surface area contributed by atoms with Crippen molar-refractivity contribution in [3.8, 4) is 34.8 Å². The molecule has 1 amide bonds. The standard InChI is InChI=1S/C36H40Cl3N4O9S.Fm/c1-7-8-48-31-18(3)32-33(52-16-51-32)27-20(31)11-23-28-26-19(9-17(2)30(47-5)29(26)44)10-22(42(28)4)24(12-40)43(23)25(27)13-49-34(45)21(14-53-6)41-35(46)50-15-36(37,38)39;/h7,9,21-25,28,44H,1,6,8,10-11,13-16H2,2-5H3,(H,41,46);/q-1;/t21-,22-,23+,24+,25+,28+;/m1./s1. The number of nitrogens with one attached hydrogen (secondary N) is 1. The molecule has 1 fully saturated rings. The summed E-state index contributed by atoms with van der Waals surface area (Å²) < 4.78 is 33.2. The third kappa shape index (κ3) is 7.21. The molecule has 2 bridgehead atoms. The molecule has 54 heavy (non-hydrogen) atoms. The molecule has 6 atom stereocenters. The molecule has 0 saturated carbocycles. The van der Waals surface area contributed by atoms with Crippen molar-refractivity contribution in [2.75, 3.05) is 46.5 Å². The van der Waals surface area contributed by atoms with Crippen LogP contribution in [-0.4, -0.2) is 101 Å².